The van der Waals surface area contributed by atoms with E-state index in [4.69, 9.17) is 4.42 Å². The minimum absolute atomic E-state index is 0.312. The van der Waals surface area contributed by atoms with Gasteiger partial charge in [-0.3, -0.25) is 0 Å². The fourth-order valence-electron chi connectivity index (χ4n) is 3.12. The van der Waals surface area contributed by atoms with Gasteiger partial charge in [0.05, 0.1) is 6.26 Å². The van der Waals surface area contributed by atoms with Crippen molar-refractivity contribution in [2.75, 3.05) is 0 Å². The number of rotatable bonds is 2. The third kappa shape index (κ3) is 2.62. The first-order valence-electron chi connectivity index (χ1n) is 7.33. The van der Waals surface area contributed by atoms with E-state index in [1.807, 2.05) is 36.4 Å². The van der Waals surface area contributed by atoms with Crippen molar-refractivity contribution < 1.29 is 8.98 Å². The molecule has 0 aliphatic rings. The second kappa shape index (κ2) is 5.18. The molecule has 1 aromatic carbocycles. The maximum Gasteiger partial charge on any atom is 0.134 e. The first-order valence-corrected chi connectivity index (χ1v) is 9.03. The lowest BCUT2D eigenvalue weighted by atomic mass is 10.2. The molecular formula is C18H25O2P. The van der Waals surface area contributed by atoms with Crippen LogP contribution in [0.3, 0.4) is 0 Å². The Hall–Kier alpha value is -1.27. The van der Waals surface area contributed by atoms with Gasteiger partial charge in [0.2, 0.25) is 0 Å². The molecule has 0 saturated carbocycles. The standard InChI is InChI=1S/C18H25O2P/c1-17(2,3)21(19,18(4,5)6)16-12-8-7-10-14(16)15-11-9-13-20-15/h7-13H,1-6H3. The minimum Gasteiger partial charge on any atom is -0.464 e. The third-order valence-corrected chi connectivity index (χ3v) is 8.77. The van der Waals surface area contributed by atoms with Gasteiger partial charge in [-0.25, -0.2) is 0 Å². The zero-order valence-electron chi connectivity index (χ0n) is 13.8. The van der Waals surface area contributed by atoms with Crippen molar-refractivity contribution >= 4 is 12.4 Å². The highest BCUT2D eigenvalue weighted by Gasteiger charge is 2.48. The molecule has 0 atom stereocenters. The second-order valence-electron chi connectivity index (χ2n) is 7.45. The highest BCUT2D eigenvalue weighted by molar-refractivity contribution is 7.74. The van der Waals surface area contributed by atoms with Gasteiger partial charge in [0.1, 0.15) is 12.9 Å². The minimum atomic E-state index is -2.68. The van der Waals surface area contributed by atoms with Gasteiger partial charge in [0.15, 0.2) is 0 Å². The summed E-state index contributed by atoms with van der Waals surface area (Å²) in [6.07, 6.45) is 1.66. The van der Waals surface area contributed by atoms with Crippen LogP contribution in [0.2, 0.25) is 0 Å². The Morgan fingerprint density at radius 1 is 0.857 bits per heavy atom. The molecule has 0 radical (unpaired) electrons. The molecule has 0 N–H and O–H groups in total. The van der Waals surface area contributed by atoms with E-state index in [1.54, 1.807) is 6.26 Å². The zero-order valence-corrected chi connectivity index (χ0v) is 14.7. The molecule has 3 heteroatoms. The van der Waals surface area contributed by atoms with Crippen molar-refractivity contribution in [2.45, 2.75) is 51.9 Å². The van der Waals surface area contributed by atoms with Crippen LogP contribution >= 0.6 is 7.14 Å². The molecule has 0 unspecified atom stereocenters. The van der Waals surface area contributed by atoms with E-state index in [0.29, 0.717) is 0 Å². The summed E-state index contributed by atoms with van der Waals surface area (Å²) in [6, 6.07) is 11.7. The molecule has 114 valence electrons. The van der Waals surface area contributed by atoms with Crippen LogP contribution in [0.25, 0.3) is 11.3 Å². The third-order valence-electron chi connectivity index (χ3n) is 3.92. The smallest absolute Gasteiger partial charge is 0.134 e. The average Bonchev–Trinajstić information content (AvgIpc) is 2.88. The van der Waals surface area contributed by atoms with Crippen LogP contribution in [0.1, 0.15) is 41.5 Å². The molecule has 0 fully saturated rings. The van der Waals surface area contributed by atoms with Gasteiger partial charge in [0.25, 0.3) is 0 Å². The topological polar surface area (TPSA) is 30.2 Å². The molecule has 0 amide bonds. The summed E-state index contributed by atoms with van der Waals surface area (Å²) in [5.41, 5.74) is 0.940. The van der Waals surface area contributed by atoms with Crippen molar-refractivity contribution in [1.29, 1.82) is 0 Å². The summed E-state index contributed by atoms with van der Waals surface area (Å²) < 4.78 is 19.7. The Bertz CT molecular complexity index is 637. The molecule has 1 aromatic heterocycles. The molecule has 2 rings (SSSR count). The van der Waals surface area contributed by atoms with Crippen LogP contribution in [0.5, 0.6) is 0 Å². The largest absolute Gasteiger partial charge is 0.464 e. The molecule has 21 heavy (non-hydrogen) atoms. The lowest BCUT2D eigenvalue weighted by molar-refractivity contribution is 0.527. The van der Waals surface area contributed by atoms with Gasteiger partial charge in [-0.2, -0.15) is 0 Å². The van der Waals surface area contributed by atoms with Crippen molar-refractivity contribution in [3.63, 3.8) is 0 Å². The SMILES string of the molecule is CC(C)(C)P(=O)(c1ccccc1-c1ccco1)C(C)(C)C. The number of hydrogen-bond donors (Lipinski definition) is 0. The summed E-state index contributed by atoms with van der Waals surface area (Å²) >= 11 is 0. The average molecular weight is 304 g/mol. The molecule has 0 bridgehead atoms. The van der Waals surface area contributed by atoms with Crippen molar-refractivity contribution in [1.82, 2.24) is 0 Å². The number of furan rings is 1. The van der Waals surface area contributed by atoms with Crippen LogP contribution in [-0.2, 0) is 4.57 Å². The highest BCUT2D eigenvalue weighted by Crippen LogP contribution is 2.66. The molecule has 2 nitrogen and oxygen atoms in total. The number of benzene rings is 1. The maximum absolute atomic E-state index is 14.1. The van der Waals surface area contributed by atoms with Crippen LogP contribution in [0.4, 0.5) is 0 Å². The van der Waals surface area contributed by atoms with E-state index in [9.17, 15) is 4.57 Å². The monoisotopic (exact) mass is 304 g/mol. The first-order chi connectivity index (χ1) is 9.59. The molecule has 2 aromatic rings. The Kier molecular flexibility index (Phi) is 3.97. The summed E-state index contributed by atoms with van der Waals surface area (Å²) in [4.78, 5) is 0. The van der Waals surface area contributed by atoms with Gasteiger partial charge in [0, 0.05) is 21.2 Å². The number of hydrogen-bond acceptors (Lipinski definition) is 2. The Labute approximate surface area is 127 Å². The lowest BCUT2D eigenvalue weighted by Crippen LogP contribution is -2.35. The summed E-state index contributed by atoms with van der Waals surface area (Å²) in [7, 11) is -2.68. The predicted octanol–water partition coefficient (Wildman–Crippen LogP) is 5.53. The molecular weight excluding hydrogens is 279 g/mol. The molecule has 0 aliphatic carbocycles. The fraction of sp³-hybridized carbons (Fsp3) is 0.444. The normalized spacial score (nSPS) is 13.4. The van der Waals surface area contributed by atoms with Crippen LogP contribution in [-0.4, -0.2) is 10.3 Å². The van der Waals surface area contributed by atoms with Crippen LogP contribution in [0.15, 0.2) is 47.1 Å². The van der Waals surface area contributed by atoms with Gasteiger partial charge in [-0.05, 0) is 12.1 Å². The van der Waals surface area contributed by atoms with Crippen molar-refractivity contribution in [3.8, 4) is 11.3 Å². The van der Waals surface area contributed by atoms with E-state index >= 15 is 0 Å². The first kappa shape index (κ1) is 16.1. The van der Waals surface area contributed by atoms with Gasteiger partial charge in [-0.1, -0.05) is 65.8 Å². The molecule has 0 saturated heterocycles. The van der Waals surface area contributed by atoms with Crippen molar-refractivity contribution in [2.24, 2.45) is 0 Å². The summed E-state index contributed by atoms with van der Waals surface area (Å²) in [5.74, 6) is 0.777. The lowest BCUT2D eigenvalue weighted by Gasteiger charge is -2.42. The van der Waals surface area contributed by atoms with E-state index in [1.165, 1.54) is 0 Å². The van der Waals surface area contributed by atoms with Crippen LogP contribution in [0, 0.1) is 0 Å². The zero-order chi connectivity index (χ0) is 15.9. The predicted molar refractivity (Wildman–Crippen MR) is 90.9 cm³/mol. The Morgan fingerprint density at radius 3 is 1.90 bits per heavy atom. The van der Waals surface area contributed by atoms with E-state index in [2.05, 4.69) is 41.5 Å². The second-order valence-corrected chi connectivity index (χ2v) is 11.8. The van der Waals surface area contributed by atoms with Gasteiger partial charge < -0.3 is 8.98 Å². The maximum atomic E-state index is 14.1. The summed E-state index contributed by atoms with van der Waals surface area (Å²) in [5, 5.41) is 0.293. The van der Waals surface area contributed by atoms with Crippen LogP contribution < -0.4 is 5.30 Å². The Balaban J connectivity index is 2.78. The van der Waals surface area contributed by atoms with Gasteiger partial charge in [-0.15, -0.1) is 0 Å². The summed E-state index contributed by atoms with van der Waals surface area (Å²) in [6.45, 7) is 12.4. The van der Waals surface area contributed by atoms with Gasteiger partial charge >= 0.3 is 0 Å². The molecule has 0 aliphatic heterocycles. The van der Waals surface area contributed by atoms with E-state index in [0.717, 1.165) is 16.6 Å². The van der Waals surface area contributed by atoms with E-state index in [-0.39, 0.29) is 10.3 Å². The molecule has 0 spiro atoms. The quantitative estimate of drug-likeness (QED) is 0.683. The van der Waals surface area contributed by atoms with Crippen molar-refractivity contribution in [3.05, 3.63) is 42.7 Å². The Morgan fingerprint density at radius 2 is 1.43 bits per heavy atom. The highest BCUT2D eigenvalue weighted by atomic mass is 31.2. The fourth-order valence-corrected chi connectivity index (χ4v) is 7.40. The molecule has 1 heterocycles. The van der Waals surface area contributed by atoms with E-state index < -0.39 is 7.14 Å².